The van der Waals surface area contributed by atoms with Crippen LogP contribution in [0.25, 0.3) is 10.9 Å². The van der Waals surface area contributed by atoms with Gasteiger partial charge in [-0.2, -0.15) is 0 Å². The zero-order valence-electron chi connectivity index (χ0n) is 14.5. The molecule has 0 unspecified atom stereocenters. The minimum atomic E-state index is 0. The lowest BCUT2D eigenvalue weighted by molar-refractivity contribution is 0.392. The fourth-order valence-corrected chi connectivity index (χ4v) is 2.64. The summed E-state index contributed by atoms with van der Waals surface area (Å²) in [4.78, 5) is 8.74. The van der Waals surface area contributed by atoms with E-state index in [2.05, 4.69) is 44.0 Å². The molecule has 3 rings (SSSR count). The molecule has 0 bridgehead atoms. The molecule has 0 atom stereocenters. The number of halogens is 1. The number of hydrogen-bond acceptors (Lipinski definition) is 4. The summed E-state index contributed by atoms with van der Waals surface area (Å²) in [5.41, 5.74) is 4.10. The second kappa shape index (κ2) is 8.80. The van der Waals surface area contributed by atoms with E-state index >= 15 is 0 Å². The predicted octanol–water partition coefficient (Wildman–Crippen LogP) is 3.32. The van der Waals surface area contributed by atoms with Crippen LogP contribution in [0.5, 0.6) is 0 Å². The molecule has 3 aromatic rings. The summed E-state index contributed by atoms with van der Waals surface area (Å²) in [6.45, 7) is 5.12. The molecule has 0 spiro atoms. The number of nitrogens with one attached hydrogen (secondary N) is 2. The number of para-hydroxylation sites is 1. The third kappa shape index (κ3) is 4.47. The van der Waals surface area contributed by atoms with Gasteiger partial charge in [-0.1, -0.05) is 29.4 Å². The Bertz CT molecular complexity index is 850. The number of guanidine groups is 1. The van der Waals surface area contributed by atoms with Crippen molar-refractivity contribution in [2.45, 2.75) is 26.9 Å². The monoisotopic (exact) mass is 451 g/mol. The third-order valence-corrected chi connectivity index (χ3v) is 4.00. The molecule has 0 aliphatic heterocycles. The van der Waals surface area contributed by atoms with Gasteiger partial charge in [0.25, 0.3) is 0 Å². The number of rotatable bonds is 4. The van der Waals surface area contributed by atoms with Crippen molar-refractivity contribution >= 4 is 40.8 Å². The van der Waals surface area contributed by atoms with E-state index in [4.69, 9.17) is 4.52 Å². The fourth-order valence-electron chi connectivity index (χ4n) is 2.64. The number of aryl methyl sites for hydroxylation is 2. The maximum absolute atomic E-state index is 5.18. The van der Waals surface area contributed by atoms with E-state index in [1.165, 1.54) is 0 Å². The Morgan fingerprint density at radius 1 is 1.12 bits per heavy atom. The van der Waals surface area contributed by atoms with Crippen molar-refractivity contribution in [2.24, 2.45) is 4.99 Å². The van der Waals surface area contributed by atoms with Gasteiger partial charge in [-0.25, -0.2) is 0 Å². The van der Waals surface area contributed by atoms with Crippen molar-refractivity contribution in [3.63, 3.8) is 0 Å². The number of fused-ring (bicyclic) bond motifs is 1. The van der Waals surface area contributed by atoms with Crippen LogP contribution >= 0.6 is 24.0 Å². The van der Waals surface area contributed by atoms with Crippen molar-refractivity contribution < 1.29 is 4.52 Å². The Kier molecular flexibility index (Phi) is 6.74. The Morgan fingerprint density at radius 2 is 1.88 bits per heavy atom. The van der Waals surface area contributed by atoms with Crippen LogP contribution in [0.4, 0.5) is 0 Å². The number of nitrogens with zero attached hydrogens (tertiary/aromatic N) is 3. The van der Waals surface area contributed by atoms with Gasteiger partial charge >= 0.3 is 0 Å². The van der Waals surface area contributed by atoms with E-state index in [9.17, 15) is 0 Å². The molecule has 2 heterocycles. The summed E-state index contributed by atoms with van der Waals surface area (Å²) in [6.07, 6.45) is 1.82. The Labute approximate surface area is 164 Å². The highest BCUT2D eigenvalue weighted by molar-refractivity contribution is 14.0. The first-order valence-electron chi connectivity index (χ1n) is 7.88. The second-order valence-corrected chi connectivity index (χ2v) is 5.57. The van der Waals surface area contributed by atoms with E-state index in [-0.39, 0.29) is 24.0 Å². The van der Waals surface area contributed by atoms with Crippen LogP contribution in [0.2, 0.25) is 0 Å². The molecule has 7 heteroatoms. The first-order chi connectivity index (χ1) is 11.7. The van der Waals surface area contributed by atoms with Gasteiger partial charge in [-0.15, -0.1) is 24.0 Å². The maximum atomic E-state index is 5.18. The first kappa shape index (κ1) is 19.2. The molecule has 2 aromatic heterocycles. The van der Waals surface area contributed by atoms with Gasteiger partial charge in [0.2, 0.25) is 0 Å². The number of hydrogen-bond donors (Lipinski definition) is 2. The Morgan fingerprint density at radius 3 is 2.60 bits per heavy atom. The van der Waals surface area contributed by atoms with Crippen LogP contribution in [-0.4, -0.2) is 23.1 Å². The summed E-state index contributed by atoms with van der Waals surface area (Å²) < 4.78 is 5.18. The van der Waals surface area contributed by atoms with E-state index in [1.807, 2.05) is 32.2 Å². The number of pyridine rings is 1. The number of aromatic nitrogens is 2. The summed E-state index contributed by atoms with van der Waals surface area (Å²) in [5.74, 6) is 1.55. The maximum Gasteiger partial charge on any atom is 0.191 e. The average molecular weight is 451 g/mol. The largest absolute Gasteiger partial charge is 0.361 e. The van der Waals surface area contributed by atoms with Crippen molar-refractivity contribution in [3.05, 3.63) is 59.1 Å². The molecule has 0 saturated heterocycles. The van der Waals surface area contributed by atoms with Crippen LogP contribution in [0.3, 0.4) is 0 Å². The molecule has 1 aromatic carbocycles. The molecule has 25 heavy (non-hydrogen) atoms. The zero-order chi connectivity index (χ0) is 16.9. The molecule has 0 aliphatic carbocycles. The molecular weight excluding hydrogens is 429 g/mol. The predicted molar refractivity (Wildman–Crippen MR) is 110 cm³/mol. The summed E-state index contributed by atoms with van der Waals surface area (Å²) >= 11 is 0. The lowest BCUT2D eigenvalue weighted by atomic mass is 10.1. The topological polar surface area (TPSA) is 75.3 Å². The number of aliphatic imine (C=N–C) groups is 1. The molecule has 0 fully saturated rings. The SMILES string of the molecule is CN=C(NCc1c(C)noc1C)NCc1cccc2cccnc12.I. The summed E-state index contributed by atoms with van der Waals surface area (Å²) in [7, 11) is 1.75. The third-order valence-electron chi connectivity index (χ3n) is 4.00. The fraction of sp³-hybridized carbons (Fsp3) is 0.278. The smallest absolute Gasteiger partial charge is 0.191 e. The van der Waals surface area contributed by atoms with E-state index in [0.29, 0.717) is 13.1 Å². The van der Waals surface area contributed by atoms with Gasteiger partial charge in [0, 0.05) is 37.3 Å². The van der Waals surface area contributed by atoms with Crippen LogP contribution < -0.4 is 10.6 Å². The highest BCUT2D eigenvalue weighted by atomic mass is 127. The van der Waals surface area contributed by atoms with Crippen molar-refractivity contribution in [1.82, 2.24) is 20.8 Å². The second-order valence-electron chi connectivity index (χ2n) is 5.57. The molecule has 132 valence electrons. The normalized spacial score (nSPS) is 11.2. The number of benzene rings is 1. The van der Waals surface area contributed by atoms with E-state index < -0.39 is 0 Å². The minimum Gasteiger partial charge on any atom is -0.361 e. The molecular formula is C18H22IN5O. The van der Waals surface area contributed by atoms with Gasteiger partial charge in [0.1, 0.15) is 5.76 Å². The van der Waals surface area contributed by atoms with Gasteiger partial charge in [0.05, 0.1) is 11.2 Å². The van der Waals surface area contributed by atoms with Crippen LogP contribution in [0.15, 0.2) is 46.0 Å². The van der Waals surface area contributed by atoms with Gasteiger partial charge < -0.3 is 15.2 Å². The molecule has 2 N–H and O–H groups in total. The minimum absolute atomic E-state index is 0. The Hall–Kier alpha value is -2.16. The van der Waals surface area contributed by atoms with Crippen molar-refractivity contribution in [2.75, 3.05) is 7.05 Å². The van der Waals surface area contributed by atoms with E-state index in [1.54, 1.807) is 7.05 Å². The van der Waals surface area contributed by atoms with Crippen molar-refractivity contribution in [3.8, 4) is 0 Å². The van der Waals surface area contributed by atoms with Crippen LogP contribution in [0.1, 0.15) is 22.6 Å². The molecule has 0 radical (unpaired) electrons. The molecule has 0 amide bonds. The van der Waals surface area contributed by atoms with Gasteiger partial charge in [-0.05, 0) is 25.5 Å². The van der Waals surface area contributed by atoms with E-state index in [0.717, 1.165) is 39.4 Å². The van der Waals surface area contributed by atoms with Crippen LogP contribution in [0, 0.1) is 13.8 Å². The Balaban J connectivity index is 0.00000225. The molecule has 0 saturated carbocycles. The average Bonchev–Trinajstić information content (AvgIpc) is 2.93. The van der Waals surface area contributed by atoms with Crippen LogP contribution in [-0.2, 0) is 13.1 Å². The molecule has 6 nitrogen and oxygen atoms in total. The lowest BCUT2D eigenvalue weighted by Crippen LogP contribution is -2.36. The summed E-state index contributed by atoms with van der Waals surface area (Å²) in [6, 6.07) is 10.2. The molecule has 0 aliphatic rings. The quantitative estimate of drug-likeness (QED) is 0.362. The lowest BCUT2D eigenvalue weighted by Gasteiger charge is -2.12. The standard InChI is InChI=1S/C18H21N5O.HI/c1-12-16(13(2)24-23-12)11-22-18(19-3)21-10-15-7-4-6-14-8-5-9-20-17(14)15;/h4-9H,10-11H2,1-3H3,(H2,19,21,22);1H. The van der Waals surface area contributed by atoms with Crippen molar-refractivity contribution in [1.29, 1.82) is 0 Å². The first-order valence-corrected chi connectivity index (χ1v) is 7.88. The highest BCUT2D eigenvalue weighted by Crippen LogP contribution is 2.15. The van der Waals surface area contributed by atoms with Gasteiger partial charge in [0.15, 0.2) is 5.96 Å². The van der Waals surface area contributed by atoms with Gasteiger partial charge in [-0.3, -0.25) is 9.98 Å². The summed E-state index contributed by atoms with van der Waals surface area (Å²) in [5, 5.41) is 11.7. The zero-order valence-corrected chi connectivity index (χ0v) is 16.9. The highest BCUT2D eigenvalue weighted by Gasteiger charge is 2.09.